The smallest absolute Gasteiger partial charge is 0.222 e. The highest BCUT2D eigenvalue weighted by Crippen LogP contribution is 2.35. The number of hydrogen-bond acceptors (Lipinski definition) is 6. The van der Waals surface area contributed by atoms with Crippen molar-refractivity contribution in [2.45, 2.75) is 13.8 Å². The van der Waals surface area contributed by atoms with Gasteiger partial charge in [0.05, 0.1) is 10.7 Å². The molecule has 0 fully saturated rings. The zero-order valence-electron chi connectivity index (χ0n) is 16.3. The Morgan fingerprint density at radius 3 is 2.67 bits per heavy atom. The summed E-state index contributed by atoms with van der Waals surface area (Å²) >= 11 is 6.41. The van der Waals surface area contributed by atoms with Crippen LogP contribution in [0, 0.1) is 6.92 Å². The Balaban J connectivity index is 1.91. The number of aryl methyl sites for hydroxylation is 1. The molecule has 30 heavy (non-hydrogen) atoms. The minimum Gasteiger partial charge on any atom is -0.384 e. The fourth-order valence-corrected chi connectivity index (χ4v) is 3.26. The van der Waals surface area contributed by atoms with Gasteiger partial charge in [0.25, 0.3) is 0 Å². The van der Waals surface area contributed by atoms with Crippen molar-refractivity contribution in [1.29, 1.82) is 0 Å². The van der Waals surface area contributed by atoms with Crippen LogP contribution in [0.25, 0.3) is 28.1 Å². The second kappa shape index (κ2) is 7.92. The van der Waals surface area contributed by atoms with Crippen LogP contribution in [0.3, 0.4) is 0 Å². The molecule has 0 atom stereocenters. The lowest BCUT2D eigenvalue weighted by molar-refractivity contribution is -0.114. The van der Waals surface area contributed by atoms with Gasteiger partial charge in [0.1, 0.15) is 17.3 Å². The van der Waals surface area contributed by atoms with Gasteiger partial charge in [-0.05, 0) is 30.7 Å². The molecule has 0 unspecified atom stereocenters. The number of pyridine rings is 3. The van der Waals surface area contributed by atoms with Gasteiger partial charge >= 0.3 is 0 Å². The molecule has 0 aromatic carbocycles. The van der Waals surface area contributed by atoms with Gasteiger partial charge in [0.15, 0.2) is 0 Å². The monoisotopic (exact) mass is 419 g/mol. The van der Waals surface area contributed by atoms with Crippen LogP contribution >= 0.6 is 11.6 Å². The molecular weight excluding hydrogens is 402 g/mol. The highest BCUT2D eigenvalue weighted by Gasteiger charge is 2.18. The molecule has 150 valence electrons. The number of rotatable bonds is 4. The summed E-state index contributed by atoms with van der Waals surface area (Å²) in [6.45, 7) is 3.36. The third-order valence-electron chi connectivity index (χ3n) is 4.46. The molecule has 3 N–H and O–H groups in total. The summed E-state index contributed by atoms with van der Waals surface area (Å²) in [5.41, 5.74) is 10.5. The van der Waals surface area contributed by atoms with Crippen LogP contribution in [-0.2, 0) is 4.79 Å². The number of aromatic nitrogens is 5. The number of halogens is 1. The van der Waals surface area contributed by atoms with Crippen LogP contribution in [0.5, 0.6) is 0 Å². The zero-order chi connectivity index (χ0) is 21.3. The quantitative estimate of drug-likeness (QED) is 0.519. The number of nitrogens with two attached hydrogens (primary N) is 1. The molecule has 4 heterocycles. The Bertz CT molecular complexity index is 1230. The van der Waals surface area contributed by atoms with Gasteiger partial charge in [-0.25, -0.2) is 14.6 Å². The Kier molecular flexibility index (Phi) is 5.16. The minimum absolute atomic E-state index is 0.198. The normalized spacial score (nSPS) is 10.8. The van der Waals surface area contributed by atoms with Crippen LogP contribution in [0.1, 0.15) is 12.5 Å². The van der Waals surface area contributed by atoms with Gasteiger partial charge in [-0.15, -0.1) is 0 Å². The van der Waals surface area contributed by atoms with Gasteiger partial charge in [-0.1, -0.05) is 11.6 Å². The second-order valence-electron chi connectivity index (χ2n) is 6.70. The molecule has 0 bridgehead atoms. The van der Waals surface area contributed by atoms with E-state index in [0.717, 1.165) is 27.9 Å². The summed E-state index contributed by atoms with van der Waals surface area (Å²) in [5, 5.41) is 7.98. The number of nitrogen functional groups attached to an aromatic ring is 1. The molecule has 4 aromatic rings. The van der Waals surface area contributed by atoms with E-state index in [-0.39, 0.29) is 5.91 Å². The van der Waals surface area contributed by atoms with E-state index in [2.05, 4.69) is 20.3 Å². The molecule has 0 spiro atoms. The summed E-state index contributed by atoms with van der Waals surface area (Å²) in [4.78, 5) is 23.9. The first-order valence-electron chi connectivity index (χ1n) is 9.08. The first-order valence-corrected chi connectivity index (χ1v) is 9.46. The molecule has 9 heteroatoms. The zero-order valence-corrected chi connectivity index (χ0v) is 17.1. The van der Waals surface area contributed by atoms with Crippen molar-refractivity contribution < 1.29 is 4.79 Å². The third kappa shape index (κ3) is 3.85. The van der Waals surface area contributed by atoms with E-state index in [4.69, 9.17) is 22.4 Å². The van der Waals surface area contributed by atoms with Crippen LogP contribution in [0.4, 0.5) is 11.6 Å². The fourth-order valence-electron chi connectivity index (χ4n) is 3.05. The van der Waals surface area contributed by atoms with Crippen LogP contribution in [0.15, 0.2) is 55.2 Å². The largest absolute Gasteiger partial charge is 0.384 e. The molecule has 0 saturated heterocycles. The van der Waals surface area contributed by atoms with E-state index < -0.39 is 0 Å². The first kappa shape index (κ1) is 19.5. The van der Waals surface area contributed by atoms with Crippen LogP contribution in [0.2, 0.25) is 5.02 Å². The van der Waals surface area contributed by atoms with E-state index in [1.54, 1.807) is 41.6 Å². The van der Waals surface area contributed by atoms with Crippen molar-refractivity contribution in [3.63, 3.8) is 0 Å². The van der Waals surface area contributed by atoms with Crippen molar-refractivity contribution in [3.8, 4) is 28.1 Å². The van der Waals surface area contributed by atoms with E-state index >= 15 is 0 Å². The van der Waals surface area contributed by atoms with Crippen LogP contribution in [-0.4, -0.2) is 30.6 Å². The Morgan fingerprint density at radius 2 is 1.97 bits per heavy atom. The molecule has 4 aromatic heterocycles. The standard InChI is InChI=1S/C21H18ClN7O/c1-12-8-26-20(27-13(2)30)7-18(12)29-11-16(14-3-4-19(23)25-9-14)21(28-29)15-5-6-24-10-17(15)22/h3-11H,1-2H3,(H2,23,25)(H,26,27,30). The predicted octanol–water partition coefficient (Wildman–Crippen LogP) is 3.89. The van der Waals surface area contributed by atoms with Crippen LogP contribution < -0.4 is 11.1 Å². The lowest BCUT2D eigenvalue weighted by Crippen LogP contribution is -2.09. The first-order chi connectivity index (χ1) is 14.4. The van der Waals surface area contributed by atoms with Gasteiger partial charge in [-0.2, -0.15) is 5.10 Å². The topological polar surface area (TPSA) is 112 Å². The van der Waals surface area contributed by atoms with E-state index in [9.17, 15) is 4.79 Å². The minimum atomic E-state index is -0.198. The molecule has 1 amide bonds. The highest BCUT2D eigenvalue weighted by molar-refractivity contribution is 6.33. The SMILES string of the molecule is CC(=O)Nc1cc(-n2cc(-c3ccc(N)nc3)c(-c3ccncc3Cl)n2)c(C)cn1. The summed E-state index contributed by atoms with van der Waals surface area (Å²) in [6, 6.07) is 7.19. The summed E-state index contributed by atoms with van der Waals surface area (Å²) < 4.78 is 1.74. The van der Waals surface area contributed by atoms with Gasteiger partial charge < -0.3 is 11.1 Å². The van der Waals surface area contributed by atoms with Crippen molar-refractivity contribution in [2.24, 2.45) is 0 Å². The number of nitrogens with zero attached hydrogens (tertiary/aromatic N) is 5. The molecule has 0 saturated carbocycles. The van der Waals surface area contributed by atoms with Gasteiger partial charge in [0.2, 0.25) is 5.91 Å². The van der Waals surface area contributed by atoms with E-state index in [1.807, 2.05) is 25.3 Å². The van der Waals surface area contributed by atoms with E-state index in [1.165, 1.54) is 6.92 Å². The summed E-state index contributed by atoms with van der Waals surface area (Å²) in [7, 11) is 0. The maximum Gasteiger partial charge on any atom is 0.222 e. The number of carbonyl (C=O) groups excluding carboxylic acids is 1. The summed E-state index contributed by atoms with van der Waals surface area (Å²) in [5.74, 6) is 0.674. The third-order valence-corrected chi connectivity index (χ3v) is 4.77. The number of carbonyl (C=O) groups is 1. The van der Waals surface area contributed by atoms with Crippen molar-refractivity contribution in [2.75, 3.05) is 11.1 Å². The molecule has 4 rings (SSSR count). The Morgan fingerprint density at radius 1 is 1.13 bits per heavy atom. The molecule has 0 aliphatic rings. The average Bonchev–Trinajstić information content (AvgIpc) is 3.15. The second-order valence-corrected chi connectivity index (χ2v) is 7.11. The lowest BCUT2D eigenvalue weighted by atomic mass is 10.0. The predicted molar refractivity (Wildman–Crippen MR) is 116 cm³/mol. The molecule has 0 aliphatic heterocycles. The van der Waals surface area contributed by atoms with E-state index in [0.29, 0.717) is 22.4 Å². The maximum atomic E-state index is 11.4. The van der Waals surface area contributed by atoms with Crippen molar-refractivity contribution >= 4 is 29.1 Å². The summed E-state index contributed by atoms with van der Waals surface area (Å²) in [6.07, 6.45) is 8.51. The van der Waals surface area contributed by atoms with Gasteiger partial charge in [-0.3, -0.25) is 9.78 Å². The molecule has 0 radical (unpaired) electrons. The fraction of sp³-hybridized carbons (Fsp3) is 0.0952. The number of amides is 1. The number of anilines is 2. The van der Waals surface area contributed by atoms with Crippen molar-refractivity contribution in [1.82, 2.24) is 24.7 Å². The number of nitrogens with one attached hydrogen (secondary N) is 1. The molecular formula is C21H18ClN7O. The molecule has 8 nitrogen and oxygen atoms in total. The Labute approximate surface area is 177 Å². The Hall–Kier alpha value is -3.78. The number of hydrogen-bond donors (Lipinski definition) is 2. The molecule has 0 aliphatic carbocycles. The highest BCUT2D eigenvalue weighted by atomic mass is 35.5. The van der Waals surface area contributed by atoms with Gasteiger partial charge in [0, 0.05) is 60.7 Å². The lowest BCUT2D eigenvalue weighted by Gasteiger charge is -2.08. The average molecular weight is 420 g/mol. The maximum absolute atomic E-state index is 11.4. The van der Waals surface area contributed by atoms with Crippen molar-refractivity contribution in [3.05, 3.63) is 65.8 Å².